The molecule has 19 nitrogen and oxygen atoms in total. The number of carbonyl (C=O) groups is 5. The number of aromatic amines is 1. The quantitative estimate of drug-likeness (QED) is 0.0776. The first-order chi connectivity index (χ1) is 37.1. The Morgan fingerprint density at radius 3 is 2.22 bits per heavy atom. The number of hydrogen-bond donors (Lipinski definition) is 3. The number of pyridine rings is 1. The fourth-order valence-corrected chi connectivity index (χ4v) is 9.41. The van der Waals surface area contributed by atoms with E-state index in [4.69, 9.17) is 14.2 Å². The summed E-state index contributed by atoms with van der Waals surface area (Å²) in [6.07, 6.45) is 4.51. The van der Waals surface area contributed by atoms with Crippen LogP contribution >= 0.6 is 0 Å². The predicted molar refractivity (Wildman–Crippen MR) is 284 cm³/mol. The van der Waals surface area contributed by atoms with Crippen LogP contribution < -0.4 is 16.2 Å². The van der Waals surface area contributed by atoms with Gasteiger partial charge in [-0.25, -0.2) is 28.7 Å². The van der Waals surface area contributed by atoms with Crippen LogP contribution in [0.15, 0.2) is 120 Å². The molecule has 77 heavy (non-hydrogen) atoms. The maximum absolute atomic E-state index is 15.3. The number of piperazine rings is 1. The Bertz CT molecular complexity index is 3360. The molecule has 0 radical (unpaired) electrons. The Morgan fingerprint density at radius 2 is 1.52 bits per heavy atom. The van der Waals surface area contributed by atoms with Gasteiger partial charge in [0, 0.05) is 63.2 Å². The first-order valence-corrected chi connectivity index (χ1v) is 25.5. The SMILES string of the molecule is CCc1cnn(-c2cnc(C(=O)NCCOCCN(CC(=O)N3CCN(C(=O)c4cc(Cc5n[nH]c(=O)c6ccccc56)ccc4F)CC3)C(=O)OCC3c4ccccc4-c4ccccc43)c(NC(=O)OC(C)(C)C)c2)c1. The molecule has 2 aliphatic rings. The fraction of sp³-hybridized carbons (Fsp3) is 0.316. The second-order valence-corrected chi connectivity index (χ2v) is 19.7. The lowest BCUT2D eigenvalue weighted by Gasteiger charge is -2.36. The normalized spacial score (nSPS) is 13.2. The number of fused-ring (bicyclic) bond motifs is 4. The van der Waals surface area contributed by atoms with E-state index < -0.39 is 35.4 Å². The third-order valence-electron chi connectivity index (χ3n) is 13.3. The van der Waals surface area contributed by atoms with Crippen LogP contribution in [-0.2, 0) is 31.8 Å². The molecule has 9 rings (SSSR count). The minimum atomic E-state index is -0.804. The van der Waals surface area contributed by atoms with E-state index in [-0.39, 0.29) is 106 Å². The Kier molecular flexibility index (Phi) is 16.1. The number of amides is 5. The van der Waals surface area contributed by atoms with E-state index in [0.29, 0.717) is 27.7 Å². The van der Waals surface area contributed by atoms with Gasteiger partial charge in [0.05, 0.1) is 53.6 Å². The lowest BCUT2D eigenvalue weighted by Crippen LogP contribution is -2.53. The molecule has 0 spiro atoms. The minimum Gasteiger partial charge on any atom is -0.448 e. The number of benzene rings is 4. The van der Waals surface area contributed by atoms with Gasteiger partial charge in [-0.3, -0.25) is 29.4 Å². The van der Waals surface area contributed by atoms with Crippen LogP contribution in [0.25, 0.3) is 27.6 Å². The van der Waals surface area contributed by atoms with Gasteiger partial charge < -0.3 is 29.3 Å². The molecule has 0 bridgehead atoms. The Labute approximate surface area is 443 Å². The lowest BCUT2D eigenvalue weighted by atomic mass is 9.98. The summed E-state index contributed by atoms with van der Waals surface area (Å²) in [5.74, 6) is -2.45. The third-order valence-corrected chi connectivity index (χ3v) is 13.3. The van der Waals surface area contributed by atoms with Crippen LogP contribution in [0.5, 0.6) is 0 Å². The molecule has 0 unspecified atom stereocenters. The number of nitrogens with one attached hydrogen (secondary N) is 3. The van der Waals surface area contributed by atoms with Crippen LogP contribution in [0.3, 0.4) is 0 Å². The second-order valence-electron chi connectivity index (χ2n) is 19.7. The summed E-state index contributed by atoms with van der Waals surface area (Å²) in [5, 5.41) is 17.6. The van der Waals surface area contributed by atoms with Crippen LogP contribution in [0.4, 0.5) is 19.7 Å². The topological polar surface area (TPSA) is 223 Å². The van der Waals surface area contributed by atoms with Gasteiger partial charge in [0.15, 0.2) is 5.69 Å². The van der Waals surface area contributed by atoms with E-state index in [2.05, 4.69) is 30.9 Å². The molecule has 5 amide bonds. The van der Waals surface area contributed by atoms with Crippen molar-refractivity contribution in [2.24, 2.45) is 0 Å². The van der Waals surface area contributed by atoms with Crippen LogP contribution in [-0.4, -0.2) is 141 Å². The van der Waals surface area contributed by atoms with Crippen LogP contribution in [0, 0.1) is 5.82 Å². The van der Waals surface area contributed by atoms with Crippen molar-refractivity contribution in [1.82, 2.24) is 45.0 Å². The largest absolute Gasteiger partial charge is 0.448 e. The zero-order valence-electron chi connectivity index (χ0n) is 43.2. The Balaban J connectivity index is 0.825. The third kappa shape index (κ3) is 12.5. The van der Waals surface area contributed by atoms with E-state index in [0.717, 1.165) is 34.2 Å². The smallest absolute Gasteiger partial charge is 0.412 e. The fourth-order valence-electron chi connectivity index (χ4n) is 9.41. The molecule has 4 heterocycles. The second kappa shape index (κ2) is 23.4. The Morgan fingerprint density at radius 1 is 0.831 bits per heavy atom. The summed E-state index contributed by atoms with van der Waals surface area (Å²) in [6, 6.07) is 28.8. The average molecular weight is 1050 g/mol. The number of nitrogens with zero attached hydrogens (tertiary/aromatic N) is 7. The van der Waals surface area contributed by atoms with Crippen molar-refractivity contribution in [1.29, 1.82) is 0 Å². The van der Waals surface area contributed by atoms with Crippen molar-refractivity contribution in [2.45, 2.75) is 52.1 Å². The number of carbonyl (C=O) groups excluding carboxylic acids is 5. The summed E-state index contributed by atoms with van der Waals surface area (Å²) in [5.41, 5.74) is 5.63. The van der Waals surface area contributed by atoms with Crippen molar-refractivity contribution >= 4 is 46.4 Å². The van der Waals surface area contributed by atoms with E-state index >= 15 is 4.39 Å². The van der Waals surface area contributed by atoms with Crippen molar-refractivity contribution in [3.05, 3.63) is 171 Å². The molecule has 7 aromatic rings. The number of aromatic nitrogens is 5. The highest BCUT2D eigenvalue weighted by Crippen LogP contribution is 2.44. The molecule has 398 valence electrons. The number of hydrogen-bond acceptors (Lipinski definition) is 12. The first-order valence-electron chi connectivity index (χ1n) is 25.5. The highest BCUT2D eigenvalue weighted by molar-refractivity contribution is 6.01. The molecule has 1 aliphatic heterocycles. The maximum Gasteiger partial charge on any atom is 0.412 e. The van der Waals surface area contributed by atoms with Crippen molar-refractivity contribution in [3.8, 4) is 16.8 Å². The number of H-pyrrole nitrogens is 1. The van der Waals surface area contributed by atoms with Crippen molar-refractivity contribution in [3.63, 3.8) is 0 Å². The summed E-state index contributed by atoms with van der Waals surface area (Å²) in [6.45, 7) is 7.27. The van der Waals surface area contributed by atoms with Gasteiger partial charge in [0.25, 0.3) is 17.4 Å². The summed E-state index contributed by atoms with van der Waals surface area (Å²) in [4.78, 5) is 89.3. The van der Waals surface area contributed by atoms with E-state index in [9.17, 15) is 28.8 Å². The van der Waals surface area contributed by atoms with E-state index in [1.54, 1.807) is 72.9 Å². The van der Waals surface area contributed by atoms with Gasteiger partial charge in [-0.15, -0.1) is 0 Å². The number of anilines is 1. The van der Waals surface area contributed by atoms with Gasteiger partial charge in [-0.2, -0.15) is 10.2 Å². The monoisotopic (exact) mass is 1050 g/mol. The molecule has 4 aromatic carbocycles. The van der Waals surface area contributed by atoms with Crippen molar-refractivity contribution in [2.75, 3.05) is 71.0 Å². The van der Waals surface area contributed by atoms with Gasteiger partial charge in [0.1, 0.15) is 24.6 Å². The molecule has 1 aliphatic carbocycles. The summed E-state index contributed by atoms with van der Waals surface area (Å²) in [7, 11) is 0. The van der Waals surface area contributed by atoms with E-state index in [1.807, 2.05) is 61.7 Å². The highest BCUT2D eigenvalue weighted by atomic mass is 19.1. The van der Waals surface area contributed by atoms with Gasteiger partial charge in [-0.05, 0) is 84.8 Å². The zero-order valence-corrected chi connectivity index (χ0v) is 43.2. The van der Waals surface area contributed by atoms with Crippen molar-refractivity contribution < 1.29 is 42.6 Å². The first kappa shape index (κ1) is 53.1. The molecule has 3 aromatic heterocycles. The Hall–Kier alpha value is -8.78. The summed E-state index contributed by atoms with van der Waals surface area (Å²) < 4.78 is 34.2. The molecule has 0 atom stereocenters. The molecular weight excluding hydrogens is 988 g/mol. The summed E-state index contributed by atoms with van der Waals surface area (Å²) >= 11 is 0. The standard InChI is InChI=1S/C57H59FN10O9/c1-5-36-31-61-68(33-36)38-30-49(62-55(73)77-57(2,3)4)51(60-32-38)53(71)59-20-26-75-27-25-67(56(74)76-35-46-41-14-8-6-12-39(41)40-13-7-9-15-42(40)46)34-50(69)65-21-23-66(24-22-65)54(72)45-28-37(18-19-47(45)58)29-48-43-16-10-11-17-44(43)52(70)64-63-48/h6-19,28,30-33,46H,5,20-27,29,34-35H2,1-4H3,(H,59,71)(H,62,73)(H,64,70). The number of aryl methyl sites for hydroxylation is 1. The number of rotatable bonds is 17. The number of ether oxygens (including phenoxy) is 3. The van der Waals surface area contributed by atoms with Gasteiger partial charge in [-0.1, -0.05) is 79.7 Å². The predicted octanol–water partition coefficient (Wildman–Crippen LogP) is 7.13. The molecular formula is C57H59FN10O9. The van der Waals surface area contributed by atoms with E-state index in [1.165, 1.54) is 28.1 Å². The highest BCUT2D eigenvalue weighted by Gasteiger charge is 2.32. The molecule has 1 fully saturated rings. The van der Waals surface area contributed by atoms with Gasteiger partial charge in [0.2, 0.25) is 5.91 Å². The molecule has 0 saturated carbocycles. The van der Waals surface area contributed by atoms with Crippen LogP contribution in [0.1, 0.15) is 82.4 Å². The molecule has 1 saturated heterocycles. The lowest BCUT2D eigenvalue weighted by molar-refractivity contribution is -0.133. The maximum atomic E-state index is 15.3. The van der Waals surface area contributed by atoms with Gasteiger partial charge >= 0.3 is 12.2 Å². The molecule has 3 N–H and O–H groups in total. The molecule has 20 heteroatoms. The van der Waals surface area contributed by atoms with Crippen LogP contribution in [0.2, 0.25) is 0 Å². The zero-order chi connectivity index (χ0) is 54.2. The average Bonchev–Trinajstić information content (AvgIpc) is 4.06. The number of halogens is 1. The minimum absolute atomic E-state index is 0.0125.